The fourth-order valence-corrected chi connectivity index (χ4v) is 8.25. The van der Waals surface area contributed by atoms with Crippen LogP contribution in [0.5, 0.6) is 0 Å². The summed E-state index contributed by atoms with van der Waals surface area (Å²) in [7, 11) is 1.71. The Balaban J connectivity index is 0.967. The maximum atomic E-state index is 15.4. The van der Waals surface area contributed by atoms with Gasteiger partial charge < -0.3 is 4.90 Å². The third kappa shape index (κ3) is 5.69. The monoisotopic (exact) mass is 620 g/mol. The van der Waals surface area contributed by atoms with Gasteiger partial charge in [0, 0.05) is 45.3 Å². The van der Waals surface area contributed by atoms with Crippen LogP contribution in [-0.4, -0.2) is 82.0 Å². The van der Waals surface area contributed by atoms with Gasteiger partial charge in [-0.3, -0.25) is 33.8 Å². The maximum absolute atomic E-state index is 15.4. The molecule has 2 aromatic carbocycles. The molecule has 3 aromatic rings. The van der Waals surface area contributed by atoms with Crippen LogP contribution >= 0.6 is 0 Å². The van der Waals surface area contributed by atoms with Crippen LogP contribution in [0.3, 0.4) is 0 Å². The number of fused-ring (bicyclic) bond motifs is 1. The predicted octanol–water partition coefficient (Wildman–Crippen LogP) is 3.91. The molecule has 4 aliphatic rings. The lowest BCUT2D eigenvalue weighted by atomic mass is 9.70. The van der Waals surface area contributed by atoms with Crippen molar-refractivity contribution < 1.29 is 18.4 Å². The van der Waals surface area contributed by atoms with E-state index in [-0.39, 0.29) is 30.0 Å². The van der Waals surface area contributed by atoms with E-state index in [1.165, 1.54) is 4.57 Å². The standard InChI is InChI=1S/C34H42F2N6O3/c1-38-28-21-25(7-8-26(28)42(32(38)45)27-9-10-30(43)37-31(27)44)40-17-12-33(13-18-40)14-19-41(20-15-33)29-11-16-39(23-34(29,35)36)22-24-5-3-2-4-6-24/h2-8,21,27,29H,9-20,22-23H2,1H3,(H,37,43,44). The zero-order valence-corrected chi connectivity index (χ0v) is 25.9. The number of alkyl halides is 2. The summed E-state index contributed by atoms with van der Waals surface area (Å²) >= 11 is 0. The van der Waals surface area contributed by atoms with Gasteiger partial charge in [0.25, 0.3) is 5.92 Å². The highest BCUT2D eigenvalue weighted by atomic mass is 19.3. The zero-order chi connectivity index (χ0) is 31.3. The molecule has 0 aliphatic carbocycles. The largest absolute Gasteiger partial charge is 0.371 e. The Morgan fingerprint density at radius 1 is 0.867 bits per heavy atom. The van der Waals surface area contributed by atoms with Crippen LogP contribution in [0.4, 0.5) is 14.5 Å². The molecule has 0 bridgehead atoms. The number of hydrogen-bond acceptors (Lipinski definition) is 6. The van der Waals surface area contributed by atoms with Crippen molar-refractivity contribution in [1.29, 1.82) is 0 Å². The second-order valence-corrected chi connectivity index (χ2v) is 13.6. The van der Waals surface area contributed by atoms with E-state index in [4.69, 9.17) is 0 Å². The number of nitrogens with one attached hydrogen (secondary N) is 1. The number of carbonyl (C=O) groups is 2. The van der Waals surface area contributed by atoms with E-state index < -0.39 is 23.9 Å². The molecular weight excluding hydrogens is 578 g/mol. The van der Waals surface area contributed by atoms with Gasteiger partial charge in [0.05, 0.1) is 23.6 Å². The Kier molecular flexibility index (Phi) is 7.80. The number of imidazole rings is 1. The highest BCUT2D eigenvalue weighted by Crippen LogP contribution is 2.44. The van der Waals surface area contributed by atoms with Gasteiger partial charge in [-0.25, -0.2) is 13.6 Å². The molecule has 1 N–H and O–H groups in total. The third-order valence-corrected chi connectivity index (χ3v) is 11.0. The average molecular weight is 621 g/mol. The van der Waals surface area contributed by atoms with Gasteiger partial charge >= 0.3 is 5.69 Å². The average Bonchev–Trinajstić information content (AvgIpc) is 3.27. The zero-order valence-electron chi connectivity index (χ0n) is 25.9. The van der Waals surface area contributed by atoms with Crippen molar-refractivity contribution in [1.82, 2.24) is 24.3 Å². The SMILES string of the molecule is Cn1c(=O)n(C2CCC(=O)NC2=O)c2ccc(N3CCC4(CC3)CCN(C3CCN(Cc5ccccc5)CC3(F)F)CC4)cc21. The lowest BCUT2D eigenvalue weighted by Crippen LogP contribution is -2.60. The normalized spacial score (nSPS) is 26.0. The molecule has 0 saturated carbocycles. The number of imide groups is 1. The maximum Gasteiger partial charge on any atom is 0.329 e. The Labute approximate surface area is 261 Å². The summed E-state index contributed by atoms with van der Waals surface area (Å²) in [6.45, 7) is 4.27. The van der Waals surface area contributed by atoms with Crippen molar-refractivity contribution in [3.63, 3.8) is 0 Å². The number of likely N-dealkylation sites (tertiary alicyclic amines) is 2. The molecule has 1 aromatic heterocycles. The summed E-state index contributed by atoms with van der Waals surface area (Å²) in [5, 5.41) is 2.36. The van der Waals surface area contributed by atoms with E-state index in [0.29, 0.717) is 31.4 Å². The summed E-state index contributed by atoms with van der Waals surface area (Å²) in [4.78, 5) is 43.7. The number of carbonyl (C=O) groups excluding carboxylic acids is 2. The fourth-order valence-electron chi connectivity index (χ4n) is 8.25. The summed E-state index contributed by atoms with van der Waals surface area (Å²) in [5.74, 6) is -3.47. The molecule has 4 aliphatic heterocycles. The van der Waals surface area contributed by atoms with E-state index in [1.807, 2.05) is 53.4 Å². The summed E-state index contributed by atoms with van der Waals surface area (Å²) in [6, 6.07) is 14.4. The van der Waals surface area contributed by atoms with Crippen LogP contribution in [0.1, 0.15) is 56.6 Å². The Hall–Kier alpha value is -3.57. The summed E-state index contributed by atoms with van der Waals surface area (Å²) < 4.78 is 34.0. The molecule has 5 heterocycles. The Bertz CT molecular complexity index is 1630. The number of benzene rings is 2. The van der Waals surface area contributed by atoms with Gasteiger partial charge in [0.2, 0.25) is 11.8 Å². The van der Waals surface area contributed by atoms with E-state index in [2.05, 4.69) is 15.1 Å². The number of nitrogens with zero attached hydrogens (tertiary/aromatic N) is 5. The van der Waals surface area contributed by atoms with E-state index in [0.717, 1.165) is 68.6 Å². The first-order valence-electron chi connectivity index (χ1n) is 16.3. The van der Waals surface area contributed by atoms with Crippen molar-refractivity contribution in [2.24, 2.45) is 12.5 Å². The first-order chi connectivity index (χ1) is 21.6. The van der Waals surface area contributed by atoms with Gasteiger partial charge in [-0.1, -0.05) is 30.3 Å². The number of anilines is 1. The molecule has 0 radical (unpaired) electrons. The molecule has 4 fully saturated rings. The molecular formula is C34H42F2N6O3. The van der Waals surface area contributed by atoms with Crippen molar-refractivity contribution in [3.8, 4) is 0 Å². The topological polar surface area (TPSA) is 82.8 Å². The number of aryl methyl sites for hydroxylation is 1. The number of aromatic nitrogens is 2. The Morgan fingerprint density at radius 3 is 2.27 bits per heavy atom. The van der Waals surface area contributed by atoms with Gasteiger partial charge in [-0.2, -0.15) is 0 Å². The van der Waals surface area contributed by atoms with Crippen molar-refractivity contribution in [2.75, 3.05) is 44.2 Å². The molecule has 11 heteroatoms. The molecule has 9 nitrogen and oxygen atoms in total. The first kappa shape index (κ1) is 30.1. The summed E-state index contributed by atoms with van der Waals surface area (Å²) in [5.41, 5.74) is 3.46. The smallest absolute Gasteiger partial charge is 0.329 e. The van der Waals surface area contributed by atoms with Crippen LogP contribution in [0.2, 0.25) is 0 Å². The highest BCUT2D eigenvalue weighted by molar-refractivity contribution is 6.00. The van der Waals surface area contributed by atoms with Crippen molar-refractivity contribution in [3.05, 3.63) is 64.6 Å². The first-order valence-corrected chi connectivity index (χ1v) is 16.3. The predicted molar refractivity (Wildman–Crippen MR) is 168 cm³/mol. The lowest BCUT2D eigenvalue weighted by molar-refractivity contribution is -0.138. The van der Waals surface area contributed by atoms with Crippen LogP contribution in [0.15, 0.2) is 53.3 Å². The quantitative estimate of drug-likeness (QED) is 0.436. The van der Waals surface area contributed by atoms with Crippen LogP contribution < -0.4 is 15.9 Å². The number of rotatable bonds is 5. The molecule has 240 valence electrons. The minimum atomic E-state index is -2.73. The number of hydrogen-bond donors (Lipinski definition) is 1. The van der Waals surface area contributed by atoms with Gasteiger partial charge in [0.15, 0.2) is 0 Å². The minimum absolute atomic E-state index is 0.183. The molecule has 2 unspecified atom stereocenters. The third-order valence-electron chi connectivity index (χ3n) is 11.0. The van der Waals surface area contributed by atoms with Crippen molar-refractivity contribution in [2.45, 2.75) is 69.5 Å². The van der Waals surface area contributed by atoms with Crippen molar-refractivity contribution >= 4 is 28.5 Å². The fraction of sp³-hybridized carbons (Fsp3) is 0.559. The highest BCUT2D eigenvalue weighted by Gasteiger charge is 2.49. The second-order valence-electron chi connectivity index (χ2n) is 13.6. The van der Waals surface area contributed by atoms with E-state index >= 15 is 8.78 Å². The van der Waals surface area contributed by atoms with Gasteiger partial charge in [-0.05, 0) is 80.8 Å². The number of amides is 2. The van der Waals surface area contributed by atoms with Crippen LogP contribution in [0.25, 0.3) is 11.0 Å². The van der Waals surface area contributed by atoms with Gasteiger partial charge in [-0.15, -0.1) is 0 Å². The molecule has 2 atom stereocenters. The Morgan fingerprint density at radius 2 is 1.58 bits per heavy atom. The lowest BCUT2D eigenvalue weighted by Gasteiger charge is -2.51. The molecule has 45 heavy (non-hydrogen) atoms. The van der Waals surface area contributed by atoms with Crippen LogP contribution in [-0.2, 0) is 23.2 Å². The summed E-state index contributed by atoms with van der Waals surface area (Å²) in [6.07, 6.45) is 4.94. The van der Waals surface area contributed by atoms with E-state index in [9.17, 15) is 14.4 Å². The van der Waals surface area contributed by atoms with E-state index in [1.54, 1.807) is 11.6 Å². The minimum Gasteiger partial charge on any atom is -0.371 e. The number of halogens is 2. The number of piperidine rings is 4. The molecule has 7 rings (SSSR count). The molecule has 4 saturated heterocycles. The molecule has 2 amide bonds. The van der Waals surface area contributed by atoms with Crippen LogP contribution in [0, 0.1) is 5.41 Å². The van der Waals surface area contributed by atoms with Gasteiger partial charge in [0.1, 0.15) is 6.04 Å². The molecule has 1 spiro atoms. The second kappa shape index (κ2) is 11.7.